The number of hydrogen-bond donors (Lipinski definition) is 1. The lowest BCUT2D eigenvalue weighted by molar-refractivity contribution is 0.421. The first-order chi connectivity index (χ1) is 7.31. The van der Waals surface area contributed by atoms with Crippen LogP contribution in [0, 0.1) is 0 Å². The summed E-state index contributed by atoms with van der Waals surface area (Å²) in [7, 11) is 0. The van der Waals surface area contributed by atoms with Crippen LogP contribution in [-0.4, -0.2) is 15.1 Å². The summed E-state index contributed by atoms with van der Waals surface area (Å²) in [6.07, 6.45) is 3.27. The molecule has 5 heteroatoms. The molecule has 0 aliphatic rings. The van der Waals surface area contributed by atoms with Gasteiger partial charge in [0.05, 0.1) is 0 Å². The normalized spacial score (nSPS) is 10.5. The average Bonchev–Trinajstić information content (AvgIpc) is 2.68. The second-order valence-corrected chi connectivity index (χ2v) is 3.18. The van der Waals surface area contributed by atoms with Crippen LogP contribution in [0.4, 0.5) is 0 Å². The molecule has 2 rings (SSSR count). The Kier molecular flexibility index (Phi) is 2.62. The van der Waals surface area contributed by atoms with Gasteiger partial charge in [-0.1, -0.05) is 12.1 Å². The van der Waals surface area contributed by atoms with E-state index in [1.807, 2.05) is 6.92 Å². The van der Waals surface area contributed by atoms with Crippen LogP contribution in [0.2, 0.25) is 0 Å². The first kappa shape index (κ1) is 9.64. The van der Waals surface area contributed by atoms with Crippen LogP contribution in [0.1, 0.15) is 19.2 Å². The van der Waals surface area contributed by atoms with Gasteiger partial charge in [0, 0.05) is 12.6 Å². The molecule has 0 aliphatic heterocycles. The van der Waals surface area contributed by atoms with Crippen LogP contribution in [0.25, 0.3) is 11.5 Å². The number of pyridine rings is 1. The molecule has 0 unspecified atom stereocenters. The van der Waals surface area contributed by atoms with Crippen molar-refractivity contribution < 1.29 is 4.52 Å². The van der Waals surface area contributed by atoms with E-state index < -0.39 is 0 Å². The van der Waals surface area contributed by atoms with Crippen LogP contribution in [0.15, 0.2) is 27.6 Å². The van der Waals surface area contributed by atoms with Crippen LogP contribution in [-0.2, 0) is 6.42 Å². The van der Waals surface area contributed by atoms with E-state index in [9.17, 15) is 4.79 Å². The SMILES string of the molecule is CCCc1noc(-c2ccc[nH]c2=O)n1. The van der Waals surface area contributed by atoms with E-state index in [4.69, 9.17) is 4.52 Å². The molecule has 0 atom stereocenters. The van der Waals surface area contributed by atoms with E-state index in [-0.39, 0.29) is 11.4 Å². The second-order valence-electron chi connectivity index (χ2n) is 3.18. The highest BCUT2D eigenvalue weighted by molar-refractivity contribution is 5.50. The zero-order valence-electron chi connectivity index (χ0n) is 8.36. The Morgan fingerprint density at radius 1 is 1.53 bits per heavy atom. The molecule has 2 heterocycles. The number of H-pyrrole nitrogens is 1. The predicted molar refractivity (Wildman–Crippen MR) is 54.3 cm³/mol. The molecule has 2 aromatic heterocycles. The maximum atomic E-state index is 11.4. The molecule has 5 nitrogen and oxygen atoms in total. The molecular formula is C10H11N3O2. The summed E-state index contributed by atoms with van der Waals surface area (Å²) >= 11 is 0. The highest BCUT2D eigenvalue weighted by Crippen LogP contribution is 2.11. The van der Waals surface area contributed by atoms with E-state index in [0.29, 0.717) is 11.4 Å². The summed E-state index contributed by atoms with van der Waals surface area (Å²) in [4.78, 5) is 18.1. The van der Waals surface area contributed by atoms with Crippen molar-refractivity contribution in [3.05, 3.63) is 34.5 Å². The van der Waals surface area contributed by atoms with Crippen molar-refractivity contribution in [2.24, 2.45) is 0 Å². The van der Waals surface area contributed by atoms with E-state index in [2.05, 4.69) is 15.1 Å². The van der Waals surface area contributed by atoms with Crippen molar-refractivity contribution in [2.45, 2.75) is 19.8 Å². The van der Waals surface area contributed by atoms with Gasteiger partial charge < -0.3 is 9.51 Å². The minimum atomic E-state index is -0.218. The van der Waals surface area contributed by atoms with E-state index in [1.165, 1.54) is 0 Å². The number of aryl methyl sites for hydroxylation is 1. The quantitative estimate of drug-likeness (QED) is 0.821. The van der Waals surface area contributed by atoms with Crippen LogP contribution >= 0.6 is 0 Å². The standard InChI is InChI=1S/C10H11N3O2/c1-2-4-8-12-10(15-13-8)7-5-3-6-11-9(7)14/h3,5-6H,2,4H2,1H3,(H,11,14). The van der Waals surface area contributed by atoms with Crippen LogP contribution in [0.5, 0.6) is 0 Å². The minimum absolute atomic E-state index is 0.218. The number of nitrogens with zero attached hydrogens (tertiary/aromatic N) is 2. The van der Waals surface area contributed by atoms with Gasteiger partial charge in [0.25, 0.3) is 11.4 Å². The van der Waals surface area contributed by atoms with Crippen molar-refractivity contribution in [1.29, 1.82) is 0 Å². The summed E-state index contributed by atoms with van der Waals surface area (Å²) in [5, 5.41) is 3.78. The zero-order chi connectivity index (χ0) is 10.7. The largest absolute Gasteiger partial charge is 0.334 e. The maximum absolute atomic E-state index is 11.4. The lowest BCUT2D eigenvalue weighted by atomic mass is 10.3. The summed E-state index contributed by atoms with van der Waals surface area (Å²) in [5.41, 5.74) is 0.191. The first-order valence-electron chi connectivity index (χ1n) is 4.82. The van der Waals surface area contributed by atoms with Crippen molar-refractivity contribution in [1.82, 2.24) is 15.1 Å². The minimum Gasteiger partial charge on any atom is -0.334 e. The lowest BCUT2D eigenvalue weighted by Crippen LogP contribution is -2.07. The van der Waals surface area contributed by atoms with Gasteiger partial charge in [-0.25, -0.2) is 0 Å². The van der Waals surface area contributed by atoms with Gasteiger partial charge in [0.2, 0.25) is 0 Å². The van der Waals surface area contributed by atoms with Gasteiger partial charge >= 0.3 is 0 Å². The Balaban J connectivity index is 2.38. The molecule has 0 bridgehead atoms. The molecule has 0 spiro atoms. The fraction of sp³-hybridized carbons (Fsp3) is 0.300. The molecule has 0 fully saturated rings. The zero-order valence-corrected chi connectivity index (χ0v) is 8.36. The average molecular weight is 205 g/mol. The van der Waals surface area contributed by atoms with Gasteiger partial charge in [0.15, 0.2) is 5.82 Å². The van der Waals surface area contributed by atoms with Crippen molar-refractivity contribution in [3.8, 4) is 11.5 Å². The number of aromatic amines is 1. The molecular weight excluding hydrogens is 194 g/mol. The van der Waals surface area contributed by atoms with Gasteiger partial charge in [-0.15, -0.1) is 0 Å². The number of hydrogen-bond acceptors (Lipinski definition) is 4. The topological polar surface area (TPSA) is 71.8 Å². The highest BCUT2D eigenvalue weighted by Gasteiger charge is 2.10. The maximum Gasteiger partial charge on any atom is 0.263 e. The summed E-state index contributed by atoms with van der Waals surface area (Å²) < 4.78 is 5.00. The van der Waals surface area contributed by atoms with Crippen LogP contribution < -0.4 is 5.56 Å². The van der Waals surface area contributed by atoms with Crippen LogP contribution in [0.3, 0.4) is 0 Å². The van der Waals surface area contributed by atoms with E-state index in [0.717, 1.165) is 12.8 Å². The third kappa shape index (κ3) is 1.96. The lowest BCUT2D eigenvalue weighted by Gasteiger charge is -1.89. The molecule has 0 saturated carbocycles. The van der Waals surface area contributed by atoms with Gasteiger partial charge in [0.1, 0.15) is 5.56 Å². The Morgan fingerprint density at radius 3 is 3.13 bits per heavy atom. The van der Waals surface area contributed by atoms with Crippen molar-refractivity contribution in [3.63, 3.8) is 0 Å². The van der Waals surface area contributed by atoms with Gasteiger partial charge in [-0.05, 0) is 18.6 Å². The third-order valence-electron chi connectivity index (χ3n) is 1.99. The molecule has 0 aliphatic carbocycles. The smallest absolute Gasteiger partial charge is 0.263 e. The predicted octanol–water partition coefficient (Wildman–Crippen LogP) is 1.38. The first-order valence-corrected chi connectivity index (χ1v) is 4.82. The Bertz CT molecular complexity index is 501. The summed E-state index contributed by atoms with van der Waals surface area (Å²) in [6.45, 7) is 2.03. The Labute approximate surface area is 86.1 Å². The molecule has 2 aromatic rings. The van der Waals surface area contributed by atoms with Gasteiger partial charge in [-0.3, -0.25) is 4.79 Å². The van der Waals surface area contributed by atoms with E-state index in [1.54, 1.807) is 18.3 Å². The van der Waals surface area contributed by atoms with Gasteiger partial charge in [-0.2, -0.15) is 4.98 Å². The number of aromatic nitrogens is 3. The summed E-state index contributed by atoms with van der Waals surface area (Å²) in [6, 6.07) is 3.38. The fourth-order valence-electron chi connectivity index (χ4n) is 1.28. The third-order valence-corrected chi connectivity index (χ3v) is 1.99. The molecule has 15 heavy (non-hydrogen) atoms. The molecule has 1 N–H and O–H groups in total. The molecule has 0 radical (unpaired) electrons. The number of rotatable bonds is 3. The second kappa shape index (κ2) is 4.08. The Hall–Kier alpha value is -1.91. The molecule has 78 valence electrons. The molecule has 0 aromatic carbocycles. The Morgan fingerprint density at radius 2 is 2.40 bits per heavy atom. The fourth-order valence-corrected chi connectivity index (χ4v) is 1.28. The van der Waals surface area contributed by atoms with E-state index >= 15 is 0 Å². The monoisotopic (exact) mass is 205 g/mol. The molecule has 0 amide bonds. The molecule has 0 saturated heterocycles. The summed E-state index contributed by atoms with van der Waals surface area (Å²) in [5.74, 6) is 0.913. The van der Waals surface area contributed by atoms with Crippen molar-refractivity contribution >= 4 is 0 Å². The highest BCUT2D eigenvalue weighted by atomic mass is 16.5. The van der Waals surface area contributed by atoms with Crippen molar-refractivity contribution in [2.75, 3.05) is 0 Å². The number of nitrogens with one attached hydrogen (secondary N) is 1.